The SMILES string of the molecule is FC(F)(F)c1ccccc1C=CBr. The second kappa shape index (κ2) is 3.96. The third-order valence-corrected chi connectivity index (χ3v) is 1.77. The van der Waals surface area contributed by atoms with Crippen LogP contribution in [0.4, 0.5) is 13.2 Å². The molecule has 0 nitrogen and oxygen atoms in total. The minimum absolute atomic E-state index is 0.159. The van der Waals surface area contributed by atoms with E-state index in [-0.39, 0.29) is 5.56 Å². The molecule has 0 aliphatic rings. The normalized spacial score (nSPS) is 12.3. The highest BCUT2D eigenvalue weighted by Crippen LogP contribution is 2.32. The molecule has 0 amide bonds. The summed E-state index contributed by atoms with van der Waals surface area (Å²) in [7, 11) is 0. The maximum Gasteiger partial charge on any atom is 0.416 e. The molecule has 13 heavy (non-hydrogen) atoms. The van der Waals surface area contributed by atoms with Gasteiger partial charge in [-0.25, -0.2) is 0 Å². The Morgan fingerprint density at radius 2 is 1.77 bits per heavy atom. The average Bonchev–Trinajstić information content (AvgIpc) is 2.04. The van der Waals surface area contributed by atoms with Gasteiger partial charge in [-0.15, -0.1) is 0 Å². The molecule has 0 fully saturated rings. The number of halogens is 4. The fraction of sp³-hybridized carbons (Fsp3) is 0.111. The molecule has 0 radical (unpaired) electrons. The molecule has 0 atom stereocenters. The monoisotopic (exact) mass is 250 g/mol. The maximum absolute atomic E-state index is 12.3. The largest absolute Gasteiger partial charge is 0.416 e. The van der Waals surface area contributed by atoms with E-state index in [0.29, 0.717) is 0 Å². The van der Waals surface area contributed by atoms with E-state index in [0.717, 1.165) is 6.07 Å². The van der Waals surface area contributed by atoms with Crippen LogP contribution in [-0.4, -0.2) is 0 Å². The Morgan fingerprint density at radius 1 is 1.15 bits per heavy atom. The van der Waals surface area contributed by atoms with E-state index in [1.807, 2.05) is 0 Å². The molecule has 0 aromatic heterocycles. The molecular formula is C9H6BrF3. The van der Waals surface area contributed by atoms with E-state index in [9.17, 15) is 13.2 Å². The molecule has 0 saturated heterocycles. The molecule has 0 spiro atoms. The Balaban J connectivity index is 3.20. The zero-order valence-corrected chi connectivity index (χ0v) is 8.06. The highest BCUT2D eigenvalue weighted by Gasteiger charge is 2.32. The van der Waals surface area contributed by atoms with Gasteiger partial charge in [-0.1, -0.05) is 34.1 Å². The lowest BCUT2D eigenvalue weighted by molar-refractivity contribution is -0.137. The van der Waals surface area contributed by atoms with Crippen LogP contribution >= 0.6 is 15.9 Å². The van der Waals surface area contributed by atoms with Crippen molar-refractivity contribution in [3.05, 3.63) is 40.4 Å². The summed E-state index contributed by atoms with van der Waals surface area (Å²) in [6, 6.07) is 5.41. The second-order valence-corrected chi connectivity index (χ2v) is 2.91. The van der Waals surface area contributed by atoms with Gasteiger partial charge in [0.1, 0.15) is 0 Å². The molecule has 0 bridgehead atoms. The predicted octanol–water partition coefficient (Wildman–Crippen LogP) is 4.07. The summed E-state index contributed by atoms with van der Waals surface area (Å²) < 4.78 is 37.0. The first kappa shape index (κ1) is 10.3. The van der Waals surface area contributed by atoms with Crippen molar-refractivity contribution in [2.24, 2.45) is 0 Å². The van der Waals surface area contributed by atoms with Crippen LogP contribution in [0.5, 0.6) is 0 Å². The smallest absolute Gasteiger partial charge is 0.166 e. The topological polar surface area (TPSA) is 0 Å². The van der Waals surface area contributed by atoms with Crippen LogP contribution in [-0.2, 0) is 6.18 Å². The van der Waals surface area contributed by atoms with Crippen LogP contribution < -0.4 is 0 Å². The minimum Gasteiger partial charge on any atom is -0.166 e. The van der Waals surface area contributed by atoms with Crippen molar-refractivity contribution in [2.75, 3.05) is 0 Å². The number of benzene rings is 1. The van der Waals surface area contributed by atoms with Gasteiger partial charge in [0.05, 0.1) is 5.56 Å². The van der Waals surface area contributed by atoms with Crippen LogP contribution in [0.25, 0.3) is 6.08 Å². The van der Waals surface area contributed by atoms with E-state index in [1.54, 1.807) is 6.07 Å². The summed E-state index contributed by atoms with van der Waals surface area (Å²) in [6.45, 7) is 0. The van der Waals surface area contributed by atoms with Gasteiger partial charge in [-0.05, 0) is 22.7 Å². The molecule has 0 aliphatic carbocycles. The molecule has 0 unspecified atom stereocenters. The first-order valence-corrected chi connectivity index (χ1v) is 4.40. The van der Waals surface area contributed by atoms with Gasteiger partial charge in [0.15, 0.2) is 0 Å². The fourth-order valence-corrected chi connectivity index (χ4v) is 1.25. The van der Waals surface area contributed by atoms with Crippen LogP contribution in [0.1, 0.15) is 11.1 Å². The second-order valence-electron chi connectivity index (χ2n) is 2.38. The van der Waals surface area contributed by atoms with Crippen molar-refractivity contribution >= 4 is 22.0 Å². The molecule has 0 aliphatic heterocycles. The highest BCUT2D eigenvalue weighted by atomic mass is 79.9. The van der Waals surface area contributed by atoms with Gasteiger partial charge in [0.25, 0.3) is 0 Å². The van der Waals surface area contributed by atoms with Crippen molar-refractivity contribution in [1.82, 2.24) is 0 Å². The van der Waals surface area contributed by atoms with E-state index in [2.05, 4.69) is 15.9 Å². The molecule has 70 valence electrons. The van der Waals surface area contributed by atoms with Gasteiger partial charge in [0.2, 0.25) is 0 Å². The van der Waals surface area contributed by atoms with Crippen molar-refractivity contribution in [1.29, 1.82) is 0 Å². The van der Waals surface area contributed by atoms with E-state index >= 15 is 0 Å². The Bertz CT molecular complexity index is 315. The Morgan fingerprint density at radius 3 is 2.31 bits per heavy atom. The van der Waals surface area contributed by atoms with Gasteiger partial charge < -0.3 is 0 Å². The maximum atomic E-state index is 12.3. The van der Waals surface area contributed by atoms with Crippen LogP contribution in [0.15, 0.2) is 29.3 Å². The zero-order chi connectivity index (χ0) is 9.90. The Hall–Kier alpha value is -0.770. The summed E-state index contributed by atoms with van der Waals surface area (Å²) in [5.41, 5.74) is -0.461. The van der Waals surface area contributed by atoms with Gasteiger partial charge in [0, 0.05) is 0 Å². The number of rotatable bonds is 1. The molecule has 0 heterocycles. The van der Waals surface area contributed by atoms with E-state index < -0.39 is 11.7 Å². The quantitative estimate of drug-likeness (QED) is 0.705. The van der Waals surface area contributed by atoms with E-state index in [1.165, 1.54) is 23.2 Å². The van der Waals surface area contributed by atoms with Gasteiger partial charge in [-0.2, -0.15) is 13.2 Å². The number of hydrogen-bond acceptors (Lipinski definition) is 0. The standard InChI is InChI=1S/C9H6BrF3/c10-6-5-7-3-1-2-4-8(7)9(11,12)13/h1-6H. The summed E-state index contributed by atoms with van der Waals surface area (Å²) >= 11 is 2.94. The van der Waals surface area contributed by atoms with Crippen LogP contribution in [0.3, 0.4) is 0 Å². The third-order valence-electron chi connectivity index (χ3n) is 1.51. The predicted molar refractivity (Wildman–Crippen MR) is 49.4 cm³/mol. The summed E-state index contributed by atoms with van der Waals surface area (Å²) in [5.74, 6) is 0. The number of hydrogen-bond donors (Lipinski definition) is 0. The van der Waals surface area contributed by atoms with Crippen molar-refractivity contribution in [2.45, 2.75) is 6.18 Å². The van der Waals surface area contributed by atoms with Crippen LogP contribution in [0.2, 0.25) is 0 Å². The Kier molecular flexibility index (Phi) is 3.14. The first-order valence-electron chi connectivity index (χ1n) is 3.48. The molecule has 1 aromatic rings. The third kappa shape index (κ3) is 2.59. The lowest BCUT2D eigenvalue weighted by atomic mass is 10.1. The average molecular weight is 251 g/mol. The highest BCUT2D eigenvalue weighted by molar-refractivity contribution is 9.11. The molecular weight excluding hydrogens is 245 g/mol. The van der Waals surface area contributed by atoms with Crippen molar-refractivity contribution in [3.8, 4) is 0 Å². The lowest BCUT2D eigenvalue weighted by Gasteiger charge is -2.08. The molecule has 1 aromatic carbocycles. The Labute approximate surface area is 82.2 Å². The first-order chi connectivity index (χ1) is 6.05. The summed E-state index contributed by atoms with van der Waals surface area (Å²) in [6.07, 6.45) is -2.92. The molecule has 1 rings (SSSR count). The minimum atomic E-state index is -4.29. The molecule has 0 N–H and O–H groups in total. The fourth-order valence-electron chi connectivity index (χ4n) is 0.968. The van der Waals surface area contributed by atoms with Crippen molar-refractivity contribution in [3.63, 3.8) is 0 Å². The van der Waals surface area contributed by atoms with Gasteiger partial charge >= 0.3 is 6.18 Å². The lowest BCUT2D eigenvalue weighted by Crippen LogP contribution is -2.06. The summed E-state index contributed by atoms with van der Waals surface area (Å²) in [4.78, 5) is 1.40. The van der Waals surface area contributed by atoms with Gasteiger partial charge in [-0.3, -0.25) is 0 Å². The van der Waals surface area contributed by atoms with E-state index in [4.69, 9.17) is 0 Å². The van der Waals surface area contributed by atoms with Crippen molar-refractivity contribution < 1.29 is 13.2 Å². The van der Waals surface area contributed by atoms with Crippen LogP contribution in [0, 0.1) is 0 Å². The zero-order valence-electron chi connectivity index (χ0n) is 6.48. The number of alkyl halides is 3. The molecule has 4 heteroatoms. The molecule has 0 saturated carbocycles. The summed E-state index contributed by atoms with van der Waals surface area (Å²) in [5, 5.41) is 0.